The number of esters is 1. The van der Waals surface area contributed by atoms with Gasteiger partial charge in [0.1, 0.15) is 36.7 Å². The van der Waals surface area contributed by atoms with Crippen molar-refractivity contribution in [3.05, 3.63) is 135 Å². The second-order valence-electron chi connectivity index (χ2n) is 29.5. The summed E-state index contributed by atoms with van der Waals surface area (Å²) in [6.45, 7) is 19.7. The van der Waals surface area contributed by atoms with Crippen molar-refractivity contribution >= 4 is 98.1 Å². The molecule has 39 nitrogen and oxygen atoms in total. The fourth-order valence-electron chi connectivity index (χ4n) is 11.0. The zero-order valence-corrected chi connectivity index (χ0v) is 78.7. The summed E-state index contributed by atoms with van der Waals surface area (Å²) in [4.78, 5) is 137. The summed E-state index contributed by atoms with van der Waals surface area (Å²) in [6.07, 6.45) is -4.78. The Hall–Kier alpha value is -9.15. The SMILES string of the molecule is C.CCC(CO)OC(CO)OC.CCC(CO)OC(COC(=O)NCCC(=O)NCCSSc1ccccn1)OC.CCC(CO)OC(COC(=O)NCCC(=O)N[C@H](C(=O)OC(OC(=O)NCCCN(C(=O)c1ccc(C)cc1)[C@@H](c1nc2cc(Cl)ccc2c(=O)n1Cc1ccccc1)C(C)C)C(C)C)C(C)C)OC.CCC(CO)OC(COC(=O)NCCC(=O)O)OC. The first-order chi connectivity index (χ1) is 61.7. The Morgan fingerprint density at radius 3 is 1.47 bits per heavy atom. The largest absolute Gasteiger partial charge is 0.481 e. The lowest BCUT2D eigenvalue weighted by Gasteiger charge is -2.35. The van der Waals surface area contributed by atoms with E-state index in [-0.39, 0.29) is 167 Å². The number of aryl methyl sites for hydroxylation is 1. The number of nitrogens with one attached hydrogen (secondary N) is 6. The highest BCUT2D eigenvalue weighted by molar-refractivity contribution is 8.76. The van der Waals surface area contributed by atoms with Crippen LogP contribution >= 0.6 is 33.2 Å². The van der Waals surface area contributed by atoms with Gasteiger partial charge in [0.2, 0.25) is 11.8 Å². The molecular formula is C88H139ClN10O29S2. The number of amides is 7. The van der Waals surface area contributed by atoms with Crippen LogP contribution in [0.1, 0.15) is 161 Å². The first kappa shape index (κ1) is 119. The summed E-state index contributed by atoms with van der Waals surface area (Å²) in [5, 5.41) is 70.2. The molecule has 0 saturated carbocycles. The van der Waals surface area contributed by atoms with Crippen LogP contribution < -0.4 is 37.5 Å². The third-order valence-corrected chi connectivity index (χ3v) is 20.9. The quantitative estimate of drug-likeness (QED) is 0.00567. The molecule has 0 aliphatic carbocycles. The number of fused-ring (bicyclic) bond motifs is 1. The van der Waals surface area contributed by atoms with Gasteiger partial charge in [-0.2, -0.15) is 0 Å². The number of ether oxygens (including phenoxy) is 13. The summed E-state index contributed by atoms with van der Waals surface area (Å²) in [7, 11) is 8.80. The van der Waals surface area contributed by atoms with Gasteiger partial charge in [-0.1, -0.05) is 153 Å². The van der Waals surface area contributed by atoms with Crippen LogP contribution in [0.25, 0.3) is 10.9 Å². The number of alkyl carbamates (subject to hydrolysis) is 4. The second-order valence-corrected chi connectivity index (χ2v) is 32.3. The Morgan fingerprint density at radius 1 is 0.538 bits per heavy atom. The van der Waals surface area contributed by atoms with Crippen LogP contribution in [-0.4, -0.2) is 292 Å². The number of rotatable bonds is 57. The van der Waals surface area contributed by atoms with E-state index < -0.39 is 104 Å². The number of carbonyl (C=O) groups is 9. The molecule has 5 aromatic rings. The maximum absolute atomic E-state index is 14.6. The summed E-state index contributed by atoms with van der Waals surface area (Å²) in [6, 6.07) is 25.5. The molecule has 0 fully saturated rings. The minimum absolute atomic E-state index is 0. The number of carboxylic acids is 1. The number of carboxylic acid groups (broad SMARTS) is 1. The molecule has 0 saturated heterocycles. The third kappa shape index (κ3) is 48.8. The van der Waals surface area contributed by atoms with E-state index in [1.165, 1.54) is 28.4 Å². The van der Waals surface area contributed by atoms with Crippen LogP contribution in [0.3, 0.4) is 0 Å². The topological polar surface area (TPSA) is 518 Å². The van der Waals surface area contributed by atoms with E-state index in [9.17, 15) is 53.1 Å². The van der Waals surface area contributed by atoms with Crippen molar-refractivity contribution < 1.29 is 135 Å². The predicted octanol–water partition coefficient (Wildman–Crippen LogP) is 9.04. The molecule has 12 N–H and O–H groups in total. The van der Waals surface area contributed by atoms with Gasteiger partial charge in [0, 0.05) is 109 Å². The fourth-order valence-corrected chi connectivity index (χ4v) is 13.0. The number of hydrogen-bond acceptors (Lipinski definition) is 32. The van der Waals surface area contributed by atoms with Crippen molar-refractivity contribution in [1.82, 2.24) is 51.3 Å². The van der Waals surface area contributed by atoms with E-state index in [4.69, 9.17) is 104 Å². The predicted molar refractivity (Wildman–Crippen MR) is 488 cm³/mol. The van der Waals surface area contributed by atoms with E-state index in [2.05, 4.69) is 36.9 Å². The van der Waals surface area contributed by atoms with Gasteiger partial charge < -0.3 is 129 Å². The number of aromatic nitrogens is 3. The average molecular weight is 1900 g/mol. The number of nitrogens with zero attached hydrogens (tertiary/aromatic N) is 4. The molecule has 3 aromatic carbocycles. The first-order valence-corrected chi connectivity index (χ1v) is 45.2. The Morgan fingerprint density at radius 2 is 1.02 bits per heavy atom. The van der Waals surface area contributed by atoms with Gasteiger partial charge >= 0.3 is 36.3 Å². The van der Waals surface area contributed by atoms with Crippen LogP contribution in [-0.2, 0) is 87.3 Å². The molecule has 7 amide bonds. The lowest BCUT2D eigenvalue weighted by molar-refractivity contribution is -0.181. The van der Waals surface area contributed by atoms with Gasteiger partial charge in [0.25, 0.3) is 17.8 Å². The van der Waals surface area contributed by atoms with Crippen LogP contribution in [0, 0.1) is 24.7 Å². The number of aliphatic hydroxyl groups excluding tert-OH is 5. The van der Waals surface area contributed by atoms with E-state index in [1.54, 1.807) is 95.3 Å². The number of benzene rings is 3. The normalized spacial score (nSPS) is 13.5. The molecule has 2 heterocycles. The van der Waals surface area contributed by atoms with Crippen molar-refractivity contribution in [1.29, 1.82) is 0 Å². The molecule has 0 radical (unpaired) electrons. The van der Waals surface area contributed by atoms with Gasteiger partial charge in [0.15, 0.2) is 25.2 Å². The summed E-state index contributed by atoms with van der Waals surface area (Å²) < 4.78 is 69.0. The average Bonchev–Trinajstić information content (AvgIpc) is 0.757. The Balaban J connectivity index is 0.00000114. The second kappa shape index (κ2) is 69.7. The minimum Gasteiger partial charge on any atom is -0.481 e. The zero-order valence-electron chi connectivity index (χ0n) is 76.3. The lowest BCUT2D eigenvalue weighted by Crippen LogP contribution is -2.48. The molecule has 2 aromatic heterocycles. The molecule has 734 valence electrons. The number of hydrogen-bond donors (Lipinski definition) is 12. The van der Waals surface area contributed by atoms with Gasteiger partial charge in [-0.15, -0.1) is 0 Å². The Kier molecular flexibility index (Phi) is 63.7. The smallest absolute Gasteiger partial charge is 0.410 e. The highest BCUT2D eigenvalue weighted by atomic mass is 35.5. The van der Waals surface area contributed by atoms with Crippen LogP contribution in [0.5, 0.6) is 0 Å². The monoisotopic (exact) mass is 1900 g/mol. The van der Waals surface area contributed by atoms with E-state index in [1.807, 2.05) is 109 Å². The number of aliphatic hydroxyl groups is 5. The summed E-state index contributed by atoms with van der Waals surface area (Å²) in [5.41, 5.74) is 2.39. The fraction of sp³-hybridized carbons (Fsp3) is 0.614. The maximum Gasteiger partial charge on any atom is 0.410 e. The first-order valence-electron chi connectivity index (χ1n) is 42.5. The Labute approximate surface area is 774 Å². The molecule has 0 aliphatic heterocycles. The van der Waals surface area contributed by atoms with Crippen LogP contribution in [0.2, 0.25) is 5.02 Å². The summed E-state index contributed by atoms with van der Waals surface area (Å²) in [5.74, 6) is -2.88. The van der Waals surface area contributed by atoms with Crippen LogP contribution in [0.4, 0.5) is 19.2 Å². The van der Waals surface area contributed by atoms with Gasteiger partial charge in [-0.25, -0.2) is 33.9 Å². The third-order valence-electron chi connectivity index (χ3n) is 18.4. The standard InChI is InChI=1S/C51H69ClN6O12.C18H29N3O6S2.C11H21NO7.C7H16O4.CH4/c1-10-38(29-59)68-42(66-9)30-67-50(64)54-25-23-41(60)56-43(31(2)3)48(63)69-49(33(6)7)70-51(65)53-24-14-26-57(46(61)36-19-17-34(8)18-20-36)44(32(4)5)45-55-40-27-37(52)21-22-39(40)47(62)58(45)28-35-15-12-11-13-16-35;1-3-14(12-22)27-17(25-2)13-26-18(24)21-9-7-15(23)19-10-11-28-29-16-6-4-5-8-20-16;1-3-8(6-13)19-10(17-2)7-18-11(16)12-5-4-9(14)15;1-3-6(4-8)11-7(5-9)10-2;/h11-13,15-22,27,31-33,38,42-44,49,59H,10,14,23-26,28-30H2,1-9H3,(H,53,65)(H,54,64)(H,56,60);4-6,8,14,17,22H,3,7,9-13H2,1-2H3,(H,19,23)(H,21,24);8,10,13H,3-7H2,1-2H3,(H,12,16)(H,14,15);6-9H,3-5H2,1-2H3;1H4/t38?,42?,43-,44+,49?;;;;/m0..../s1. The molecule has 130 heavy (non-hydrogen) atoms. The molecule has 5 rings (SSSR count). The number of methoxy groups -OCH3 is 4. The van der Waals surface area contributed by atoms with Crippen molar-refractivity contribution in [2.24, 2.45) is 17.8 Å². The molecule has 9 unspecified atom stereocenters. The van der Waals surface area contributed by atoms with E-state index in [0.717, 1.165) is 21.9 Å². The minimum atomic E-state index is -1.33. The zero-order chi connectivity index (χ0) is 96.2. The maximum atomic E-state index is 14.6. The van der Waals surface area contributed by atoms with Gasteiger partial charge in [0.05, 0.1) is 87.4 Å². The molecular weight excluding hydrogens is 1760 g/mol. The van der Waals surface area contributed by atoms with Gasteiger partial charge in [-0.3, -0.25) is 28.5 Å². The van der Waals surface area contributed by atoms with Crippen molar-refractivity contribution in [2.45, 2.75) is 214 Å². The van der Waals surface area contributed by atoms with Crippen molar-refractivity contribution in [3.8, 4) is 0 Å². The highest BCUT2D eigenvalue weighted by Gasteiger charge is 2.35. The number of carbonyl (C=O) groups excluding carboxylic acids is 8. The number of aliphatic carboxylic acids is 1. The Bertz CT molecular complexity index is 4030. The number of pyridine rings is 1. The van der Waals surface area contributed by atoms with Crippen molar-refractivity contribution in [3.63, 3.8) is 0 Å². The molecule has 0 aliphatic rings. The van der Waals surface area contributed by atoms with E-state index >= 15 is 0 Å². The molecule has 0 spiro atoms. The molecule has 42 heteroatoms. The lowest BCUT2D eigenvalue weighted by atomic mass is 9.98. The highest BCUT2D eigenvalue weighted by Crippen LogP contribution is 2.32. The summed E-state index contributed by atoms with van der Waals surface area (Å²) >= 11 is 6.40. The van der Waals surface area contributed by atoms with Crippen molar-refractivity contribution in [2.75, 3.05) is 126 Å². The van der Waals surface area contributed by atoms with Gasteiger partial charge in [-0.05, 0) is 110 Å². The van der Waals surface area contributed by atoms with Crippen LogP contribution in [0.15, 0.2) is 107 Å². The molecule has 11 atom stereocenters. The molecule has 0 bridgehead atoms. The van der Waals surface area contributed by atoms with E-state index in [0.29, 0.717) is 59.5 Å². The number of halogens is 1.